The van der Waals surface area contributed by atoms with Crippen LogP contribution in [-0.4, -0.2) is 36.3 Å². The van der Waals surface area contributed by atoms with E-state index in [1.54, 1.807) is 13.2 Å². The molecule has 1 saturated carbocycles. The predicted molar refractivity (Wildman–Crippen MR) is 79.0 cm³/mol. The molecule has 1 aromatic heterocycles. The van der Waals surface area contributed by atoms with E-state index in [2.05, 4.69) is 14.9 Å². The summed E-state index contributed by atoms with van der Waals surface area (Å²) in [5.41, 5.74) is 8.18. The Kier molecular flexibility index (Phi) is 3.31. The number of aromatic nitrogens is 2. The number of nitrogens with one attached hydrogen (secondary N) is 1. The average molecular weight is 274 g/mol. The van der Waals surface area contributed by atoms with Gasteiger partial charge in [-0.2, -0.15) is 0 Å². The van der Waals surface area contributed by atoms with Crippen molar-refractivity contribution < 1.29 is 4.74 Å². The molecule has 0 radical (unpaired) electrons. The Bertz CT molecular complexity index is 678. The molecule has 0 spiro atoms. The smallest absolute Gasteiger partial charge is 0.258 e. The quantitative estimate of drug-likeness (QED) is 0.798. The number of fused-ring (bicyclic) bond motifs is 1. The van der Waals surface area contributed by atoms with Crippen molar-refractivity contribution >= 4 is 22.3 Å². The molecular weight excluding hydrogens is 256 g/mol. The summed E-state index contributed by atoms with van der Waals surface area (Å²) in [5.74, 6) is 0. The van der Waals surface area contributed by atoms with Crippen LogP contribution in [0.2, 0.25) is 0 Å². The Labute approximate surface area is 116 Å². The van der Waals surface area contributed by atoms with Crippen LogP contribution in [0.1, 0.15) is 12.8 Å². The molecule has 6 heteroatoms. The van der Waals surface area contributed by atoms with E-state index in [0.717, 1.165) is 12.2 Å². The molecule has 2 aromatic rings. The fourth-order valence-corrected chi connectivity index (χ4v) is 2.45. The van der Waals surface area contributed by atoms with Gasteiger partial charge in [0, 0.05) is 19.7 Å². The maximum absolute atomic E-state index is 11.7. The Morgan fingerprint density at radius 1 is 1.50 bits per heavy atom. The first-order valence-corrected chi connectivity index (χ1v) is 6.73. The number of anilines is 2. The average Bonchev–Trinajstić information content (AvgIpc) is 3.25. The van der Waals surface area contributed by atoms with Gasteiger partial charge in [-0.1, -0.05) is 0 Å². The number of ether oxygens (including phenoxy) is 1. The standard InChI is InChI=1S/C14H18N4O2/c1-20-5-4-18(9-2-3-9)13-7-12-10(6-11(13)15)14(19)17-8-16-12/h6-9H,2-5,15H2,1H3,(H,16,17,19). The molecule has 3 N–H and O–H groups in total. The van der Waals surface area contributed by atoms with Crippen LogP contribution in [0.3, 0.4) is 0 Å². The van der Waals surface area contributed by atoms with Crippen LogP contribution in [0, 0.1) is 0 Å². The van der Waals surface area contributed by atoms with Crippen molar-refractivity contribution in [3.63, 3.8) is 0 Å². The minimum absolute atomic E-state index is 0.164. The molecule has 0 aliphatic heterocycles. The van der Waals surface area contributed by atoms with Gasteiger partial charge in [-0.3, -0.25) is 4.79 Å². The highest BCUT2D eigenvalue weighted by atomic mass is 16.5. The van der Waals surface area contributed by atoms with Gasteiger partial charge in [0.05, 0.1) is 35.2 Å². The number of aromatic amines is 1. The number of nitrogens with zero attached hydrogens (tertiary/aromatic N) is 2. The molecule has 0 saturated heterocycles. The first kappa shape index (κ1) is 12.9. The lowest BCUT2D eigenvalue weighted by molar-refractivity contribution is 0.205. The van der Waals surface area contributed by atoms with E-state index in [1.807, 2.05) is 6.07 Å². The fourth-order valence-electron chi connectivity index (χ4n) is 2.45. The third-order valence-corrected chi connectivity index (χ3v) is 3.62. The Morgan fingerprint density at radius 2 is 2.30 bits per heavy atom. The number of hydrogen-bond donors (Lipinski definition) is 2. The summed E-state index contributed by atoms with van der Waals surface area (Å²) in [6, 6.07) is 4.12. The molecule has 1 aliphatic carbocycles. The van der Waals surface area contributed by atoms with Crippen LogP contribution < -0.4 is 16.2 Å². The zero-order chi connectivity index (χ0) is 14.1. The van der Waals surface area contributed by atoms with Gasteiger partial charge in [-0.25, -0.2) is 4.98 Å². The first-order valence-electron chi connectivity index (χ1n) is 6.73. The van der Waals surface area contributed by atoms with Crippen molar-refractivity contribution in [3.8, 4) is 0 Å². The fraction of sp³-hybridized carbons (Fsp3) is 0.429. The molecule has 6 nitrogen and oxygen atoms in total. The highest BCUT2D eigenvalue weighted by molar-refractivity contribution is 5.88. The summed E-state index contributed by atoms with van der Waals surface area (Å²) in [6.45, 7) is 1.44. The summed E-state index contributed by atoms with van der Waals surface area (Å²) in [6.07, 6.45) is 3.76. The number of methoxy groups -OCH3 is 1. The summed E-state index contributed by atoms with van der Waals surface area (Å²) < 4.78 is 5.17. The molecule has 3 rings (SSSR count). The van der Waals surface area contributed by atoms with Crippen LogP contribution in [-0.2, 0) is 4.74 Å². The number of hydrogen-bond acceptors (Lipinski definition) is 5. The van der Waals surface area contributed by atoms with E-state index in [4.69, 9.17) is 10.5 Å². The molecule has 1 aliphatic rings. The van der Waals surface area contributed by atoms with E-state index in [9.17, 15) is 4.79 Å². The normalized spacial score (nSPS) is 14.7. The summed E-state index contributed by atoms with van der Waals surface area (Å²) in [5, 5.41) is 0.524. The third-order valence-electron chi connectivity index (χ3n) is 3.62. The number of nitrogens with two attached hydrogens (primary N) is 1. The summed E-state index contributed by atoms with van der Waals surface area (Å²) in [7, 11) is 1.69. The van der Waals surface area contributed by atoms with E-state index < -0.39 is 0 Å². The second kappa shape index (κ2) is 5.13. The third kappa shape index (κ3) is 2.34. The van der Waals surface area contributed by atoms with E-state index >= 15 is 0 Å². The zero-order valence-electron chi connectivity index (χ0n) is 11.4. The molecule has 0 amide bonds. The van der Waals surface area contributed by atoms with Crippen molar-refractivity contribution in [2.45, 2.75) is 18.9 Å². The topological polar surface area (TPSA) is 84.2 Å². The molecule has 106 valence electrons. The van der Waals surface area contributed by atoms with Crippen molar-refractivity contribution in [1.82, 2.24) is 9.97 Å². The minimum Gasteiger partial charge on any atom is -0.397 e. The second-order valence-electron chi connectivity index (χ2n) is 5.08. The highest BCUT2D eigenvalue weighted by Crippen LogP contribution is 2.35. The highest BCUT2D eigenvalue weighted by Gasteiger charge is 2.30. The van der Waals surface area contributed by atoms with E-state index in [1.165, 1.54) is 19.2 Å². The first-order chi connectivity index (χ1) is 9.70. The molecule has 0 atom stereocenters. The lowest BCUT2D eigenvalue weighted by Crippen LogP contribution is -2.30. The minimum atomic E-state index is -0.164. The van der Waals surface area contributed by atoms with Crippen LogP contribution in [0.5, 0.6) is 0 Å². The van der Waals surface area contributed by atoms with Gasteiger partial charge in [-0.05, 0) is 25.0 Å². The molecule has 1 aromatic carbocycles. The Morgan fingerprint density at radius 3 is 3.00 bits per heavy atom. The SMILES string of the molecule is COCCN(c1cc2nc[nH]c(=O)c2cc1N)C1CC1. The largest absolute Gasteiger partial charge is 0.397 e. The van der Waals surface area contributed by atoms with E-state index in [0.29, 0.717) is 29.2 Å². The maximum atomic E-state index is 11.7. The van der Waals surface area contributed by atoms with Gasteiger partial charge in [0.15, 0.2) is 0 Å². The van der Waals surface area contributed by atoms with Gasteiger partial charge in [0.1, 0.15) is 0 Å². The van der Waals surface area contributed by atoms with Crippen molar-refractivity contribution in [2.24, 2.45) is 0 Å². The lowest BCUT2D eigenvalue weighted by Gasteiger charge is -2.26. The van der Waals surface area contributed by atoms with Crippen molar-refractivity contribution in [3.05, 3.63) is 28.8 Å². The molecule has 0 bridgehead atoms. The van der Waals surface area contributed by atoms with Crippen LogP contribution in [0.15, 0.2) is 23.3 Å². The zero-order valence-corrected chi connectivity index (χ0v) is 11.4. The lowest BCUT2D eigenvalue weighted by atomic mass is 10.1. The molecule has 20 heavy (non-hydrogen) atoms. The Balaban J connectivity index is 2.05. The van der Waals surface area contributed by atoms with Crippen LogP contribution in [0.25, 0.3) is 10.9 Å². The number of rotatable bonds is 5. The second-order valence-corrected chi connectivity index (χ2v) is 5.08. The molecular formula is C14H18N4O2. The van der Waals surface area contributed by atoms with Gasteiger partial charge in [-0.15, -0.1) is 0 Å². The van der Waals surface area contributed by atoms with Gasteiger partial charge in [0.2, 0.25) is 0 Å². The van der Waals surface area contributed by atoms with Crippen LogP contribution in [0.4, 0.5) is 11.4 Å². The number of benzene rings is 1. The van der Waals surface area contributed by atoms with Gasteiger partial charge in [0.25, 0.3) is 5.56 Å². The van der Waals surface area contributed by atoms with E-state index in [-0.39, 0.29) is 5.56 Å². The predicted octanol–water partition coefficient (Wildman–Crippen LogP) is 1.12. The molecule has 1 fully saturated rings. The Hall–Kier alpha value is -2.08. The van der Waals surface area contributed by atoms with Gasteiger partial charge < -0.3 is 20.4 Å². The summed E-state index contributed by atoms with van der Waals surface area (Å²) in [4.78, 5) is 20.8. The summed E-state index contributed by atoms with van der Waals surface area (Å²) >= 11 is 0. The number of H-pyrrole nitrogens is 1. The van der Waals surface area contributed by atoms with Gasteiger partial charge >= 0.3 is 0 Å². The monoisotopic (exact) mass is 274 g/mol. The molecule has 1 heterocycles. The molecule has 0 unspecified atom stereocenters. The number of nitrogen functional groups attached to an aromatic ring is 1. The van der Waals surface area contributed by atoms with Crippen molar-refractivity contribution in [2.75, 3.05) is 30.9 Å². The van der Waals surface area contributed by atoms with Crippen molar-refractivity contribution in [1.29, 1.82) is 0 Å². The van der Waals surface area contributed by atoms with Crippen LogP contribution >= 0.6 is 0 Å². The maximum Gasteiger partial charge on any atom is 0.258 e.